The minimum absolute atomic E-state index is 0.0646. The summed E-state index contributed by atoms with van der Waals surface area (Å²) in [5, 5.41) is 6.82. The molecule has 3 heterocycles. The maximum absolute atomic E-state index is 12.8. The number of nitrogens with zero attached hydrogens (tertiary/aromatic N) is 5. The Kier molecular flexibility index (Phi) is 4.57. The Morgan fingerprint density at radius 2 is 1.84 bits per heavy atom. The van der Waals surface area contributed by atoms with Gasteiger partial charge >= 0.3 is 6.18 Å². The second kappa shape index (κ2) is 6.53. The first-order valence-electron chi connectivity index (χ1n) is 8.17. The number of carbonyl (C=O) groups excluding carboxylic acids is 1. The fraction of sp³-hybridized carbons (Fsp3) is 0.562. The van der Waals surface area contributed by atoms with Gasteiger partial charge < -0.3 is 14.0 Å². The Bertz CT molecular complexity index is 758. The van der Waals surface area contributed by atoms with E-state index in [1.807, 2.05) is 26.0 Å². The van der Waals surface area contributed by atoms with Gasteiger partial charge in [-0.25, -0.2) is 0 Å². The van der Waals surface area contributed by atoms with Crippen molar-refractivity contribution in [3.05, 3.63) is 35.2 Å². The third-order valence-electron chi connectivity index (χ3n) is 4.55. The number of carbonyl (C=O) groups is 1. The summed E-state index contributed by atoms with van der Waals surface area (Å²) in [5.41, 5.74) is 2.30. The van der Waals surface area contributed by atoms with E-state index < -0.39 is 12.0 Å². The lowest BCUT2D eigenvalue weighted by Crippen LogP contribution is -2.39. The standard InChI is InChI=1S/C16H20F3N5O/c1-11-5-6-12(2)23(11)7-3-4-14(25)22-8-9-24-13(10-22)20-21-15(24)16(17,18)19/h5-6H,3-4,7-10H2,1-2H3. The highest BCUT2D eigenvalue weighted by atomic mass is 19.4. The molecule has 0 saturated carbocycles. The molecule has 1 aliphatic rings. The number of rotatable bonds is 4. The molecule has 2 aromatic rings. The number of alkyl halides is 3. The molecule has 0 aromatic carbocycles. The van der Waals surface area contributed by atoms with Crippen molar-refractivity contribution in [1.82, 2.24) is 24.2 Å². The molecule has 0 atom stereocenters. The minimum Gasteiger partial charge on any atom is -0.349 e. The molecule has 0 spiro atoms. The predicted molar refractivity (Wildman–Crippen MR) is 83.6 cm³/mol. The summed E-state index contributed by atoms with van der Waals surface area (Å²) >= 11 is 0. The molecule has 0 saturated heterocycles. The van der Waals surface area contributed by atoms with Crippen LogP contribution in [0, 0.1) is 13.8 Å². The summed E-state index contributed by atoms with van der Waals surface area (Å²) in [4.78, 5) is 13.9. The van der Waals surface area contributed by atoms with Crippen molar-refractivity contribution in [2.45, 2.75) is 52.5 Å². The average molecular weight is 355 g/mol. The molecule has 6 nitrogen and oxygen atoms in total. The highest BCUT2D eigenvalue weighted by Crippen LogP contribution is 2.29. The van der Waals surface area contributed by atoms with Crippen LogP contribution in [0.15, 0.2) is 12.1 Å². The van der Waals surface area contributed by atoms with Gasteiger partial charge in [0, 0.05) is 37.4 Å². The molecule has 0 bridgehead atoms. The Hall–Kier alpha value is -2.32. The van der Waals surface area contributed by atoms with Crippen LogP contribution in [0.2, 0.25) is 0 Å². The van der Waals surface area contributed by atoms with E-state index >= 15 is 0 Å². The van der Waals surface area contributed by atoms with Crippen LogP contribution in [0.5, 0.6) is 0 Å². The van der Waals surface area contributed by atoms with Gasteiger partial charge in [0.25, 0.3) is 0 Å². The molecule has 0 fully saturated rings. The van der Waals surface area contributed by atoms with Gasteiger partial charge in [0.15, 0.2) is 5.82 Å². The molecule has 0 N–H and O–H groups in total. The maximum atomic E-state index is 12.8. The lowest BCUT2D eigenvalue weighted by atomic mass is 10.2. The fourth-order valence-electron chi connectivity index (χ4n) is 3.18. The quantitative estimate of drug-likeness (QED) is 0.847. The van der Waals surface area contributed by atoms with Gasteiger partial charge in [-0.1, -0.05) is 0 Å². The number of amides is 1. The van der Waals surface area contributed by atoms with Crippen molar-refractivity contribution in [2.75, 3.05) is 6.54 Å². The van der Waals surface area contributed by atoms with E-state index in [2.05, 4.69) is 14.8 Å². The molecule has 9 heteroatoms. The van der Waals surface area contributed by atoms with Crippen LogP contribution in [-0.4, -0.2) is 36.7 Å². The summed E-state index contributed by atoms with van der Waals surface area (Å²) in [6, 6.07) is 4.07. The molecule has 1 aliphatic heterocycles. The topological polar surface area (TPSA) is 56.0 Å². The number of hydrogen-bond acceptors (Lipinski definition) is 3. The third kappa shape index (κ3) is 3.54. The first kappa shape index (κ1) is 17.5. The summed E-state index contributed by atoms with van der Waals surface area (Å²) in [6.45, 7) is 5.17. The zero-order chi connectivity index (χ0) is 18.2. The van der Waals surface area contributed by atoms with Crippen molar-refractivity contribution < 1.29 is 18.0 Å². The summed E-state index contributed by atoms with van der Waals surface area (Å²) in [7, 11) is 0. The van der Waals surface area contributed by atoms with Gasteiger partial charge in [-0.15, -0.1) is 10.2 Å². The molecule has 136 valence electrons. The number of aryl methyl sites for hydroxylation is 2. The normalized spacial score (nSPS) is 14.7. The summed E-state index contributed by atoms with van der Waals surface area (Å²) in [5.74, 6) is -0.873. The second-order valence-electron chi connectivity index (χ2n) is 6.28. The first-order chi connectivity index (χ1) is 11.8. The largest absolute Gasteiger partial charge is 0.451 e. The Labute approximate surface area is 143 Å². The zero-order valence-electron chi connectivity index (χ0n) is 14.2. The third-order valence-corrected chi connectivity index (χ3v) is 4.55. The van der Waals surface area contributed by atoms with Crippen molar-refractivity contribution in [3.8, 4) is 0 Å². The lowest BCUT2D eigenvalue weighted by Gasteiger charge is -2.28. The summed E-state index contributed by atoms with van der Waals surface area (Å²) in [6.07, 6.45) is -3.48. The highest BCUT2D eigenvalue weighted by molar-refractivity contribution is 5.76. The molecular formula is C16H20F3N5O. The van der Waals surface area contributed by atoms with Crippen molar-refractivity contribution in [3.63, 3.8) is 0 Å². The van der Waals surface area contributed by atoms with E-state index in [0.717, 1.165) is 22.5 Å². The Morgan fingerprint density at radius 3 is 2.48 bits per heavy atom. The number of halogens is 3. The minimum atomic E-state index is -4.52. The van der Waals surface area contributed by atoms with E-state index in [-0.39, 0.29) is 31.4 Å². The molecule has 2 aromatic heterocycles. The van der Waals surface area contributed by atoms with Crippen molar-refractivity contribution in [1.29, 1.82) is 0 Å². The predicted octanol–water partition coefficient (Wildman–Crippen LogP) is 2.54. The van der Waals surface area contributed by atoms with Crippen molar-refractivity contribution in [2.24, 2.45) is 0 Å². The van der Waals surface area contributed by atoms with Crippen molar-refractivity contribution >= 4 is 5.91 Å². The van der Waals surface area contributed by atoms with Crippen LogP contribution < -0.4 is 0 Å². The number of fused-ring (bicyclic) bond motifs is 1. The van der Waals surface area contributed by atoms with Crippen LogP contribution in [-0.2, 0) is 30.6 Å². The van der Waals surface area contributed by atoms with Crippen LogP contribution in [0.1, 0.15) is 35.9 Å². The maximum Gasteiger partial charge on any atom is 0.451 e. The van der Waals surface area contributed by atoms with Crippen LogP contribution in [0.3, 0.4) is 0 Å². The number of hydrogen-bond donors (Lipinski definition) is 0. The smallest absolute Gasteiger partial charge is 0.349 e. The van der Waals surface area contributed by atoms with Crippen LogP contribution >= 0.6 is 0 Å². The summed E-state index contributed by atoms with van der Waals surface area (Å²) < 4.78 is 41.7. The zero-order valence-corrected chi connectivity index (χ0v) is 14.2. The molecular weight excluding hydrogens is 335 g/mol. The average Bonchev–Trinajstić information content (AvgIpc) is 3.11. The molecule has 1 amide bonds. The highest BCUT2D eigenvalue weighted by Gasteiger charge is 2.39. The van der Waals surface area contributed by atoms with Gasteiger partial charge in [0.1, 0.15) is 0 Å². The molecule has 3 rings (SSSR count). The van der Waals surface area contributed by atoms with E-state index in [4.69, 9.17) is 0 Å². The molecule has 0 radical (unpaired) electrons. The monoisotopic (exact) mass is 355 g/mol. The second-order valence-corrected chi connectivity index (χ2v) is 6.28. The fourth-order valence-corrected chi connectivity index (χ4v) is 3.18. The first-order valence-corrected chi connectivity index (χ1v) is 8.17. The number of aromatic nitrogens is 4. The molecule has 0 aliphatic carbocycles. The van der Waals surface area contributed by atoms with Gasteiger partial charge in [-0.3, -0.25) is 4.79 Å². The van der Waals surface area contributed by atoms with Crippen LogP contribution in [0.4, 0.5) is 13.2 Å². The van der Waals surface area contributed by atoms with Gasteiger partial charge in [-0.05, 0) is 32.4 Å². The van der Waals surface area contributed by atoms with E-state index in [9.17, 15) is 18.0 Å². The molecule has 0 unspecified atom stereocenters. The van der Waals surface area contributed by atoms with Crippen LogP contribution in [0.25, 0.3) is 0 Å². The molecule has 25 heavy (non-hydrogen) atoms. The Morgan fingerprint density at radius 1 is 1.16 bits per heavy atom. The Balaban J connectivity index is 1.57. The lowest BCUT2D eigenvalue weighted by molar-refractivity contribution is -0.148. The van der Waals surface area contributed by atoms with E-state index in [1.54, 1.807) is 4.90 Å². The van der Waals surface area contributed by atoms with E-state index in [0.29, 0.717) is 12.8 Å². The van der Waals surface area contributed by atoms with Gasteiger partial charge in [0.2, 0.25) is 11.7 Å². The van der Waals surface area contributed by atoms with Gasteiger partial charge in [-0.2, -0.15) is 13.2 Å². The van der Waals surface area contributed by atoms with Gasteiger partial charge in [0.05, 0.1) is 6.54 Å². The van der Waals surface area contributed by atoms with E-state index in [1.165, 1.54) is 0 Å². The SMILES string of the molecule is Cc1ccc(C)n1CCCC(=O)N1CCn2c(nnc2C(F)(F)F)C1.